The summed E-state index contributed by atoms with van der Waals surface area (Å²) < 4.78 is 5.86. The van der Waals surface area contributed by atoms with Gasteiger partial charge in [0.25, 0.3) is 0 Å². The number of hydrogen-bond acceptors (Lipinski definition) is 3. The molecule has 4 rings (SSSR count). The van der Waals surface area contributed by atoms with Gasteiger partial charge in [-0.15, -0.1) is 0 Å². The maximum atomic E-state index is 12.1. The van der Waals surface area contributed by atoms with Gasteiger partial charge in [-0.25, -0.2) is 0 Å². The molecule has 0 saturated heterocycles. The van der Waals surface area contributed by atoms with Gasteiger partial charge < -0.3 is 9.84 Å². The molecule has 172 valence electrons. The van der Waals surface area contributed by atoms with E-state index >= 15 is 0 Å². The van der Waals surface area contributed by atoms with Crippen LogP contribution in [0.3, 0.4) is 0 Å². The van der Waals surface area contributed by atoms with Crippen LogP contribution in [0.2, 0.25) is 0 Å². The lowest BCUT2D eigenvalue weighted by atomic mass is 9.52. The van der Waals surface area contributed by atoms with Gasteiger partial charge in [-0.1, -0.05) is 64.5 Å². The zero-order valence-electron chi connectivity index (χ0n) is 20.3. The fourth-order valence-corrected chi connectivity index (χ4v) is 7.56. The van der Waals surface area contributed by atoms with Crippen molar-refractivity contribution >= 4 is 5.97 Å². The van der Waals surface area contributed by atoms with Crippen molar-refractivity contribution in [1.82, 2.24) is 0 Å². The van der Waals surface area contributed by atoms with Gasteiger partial charge in [0.05, 0.1) is 12.5 Å². The molecule has 0 aromatic rings. The van der Waals surface area contributed by atoms with Crippen LogP contribution in [0.1, 0.15) is 73.6 Å². The second-order valence-corrected chi connectivity index (χ2v) is 11.6. The Morgan fingerprint density at radius 3 is 2.65 bits per heavy atom. The van der Waals surface area contributed by atoms with Gasteiger partial charge in [-0.3, -0.25) is 4.79 Å². The van der Waals surface area contributed by atoms with E-state index in [9.17, 15) is 9.90 Å². The first-order valence-electron chi connectivity index (χ1n) is 12.6. The molecule has 0 radical (unpaired) electrons. The van der Waals surface area contributed by atoms with Crippen LogP contribution in [-0.2, 0) is 9.53 Å². The molecular weight excluding hydrogens is 384 g/mol. The Morgan fingerprint density at radius 1 is 1.19 bits per heavy atom. The summed E-state index contributed by atoms with van der Waals surface area (Å²) in [7, 11) is 0. The molecule has 0 spiro atoms. The lowest BCUT2D eigenvalue weighted by Crippen LogP contribution is -2.52. The fourth-order valence-electron chi connectivity index (χ4n) is 7.56. The molecule has 3 heteroatoms. The molecule has 3 aliphatic carbocycles. The number of esters is 1. The van der Waals surface area contributed by atoms with Crippen LogP contribution in [0.15, 0.2) is 35.5 Å². The van der Waals surface area contributed by atoms with E-state index in [2.05, 4.69) is 59.8 Å². The van der Waals surface area contributed by atoms with E-state index in [1.165, 1.54) is 18.4 Å². The Bertz CT molecular complexity index is 790. The molecule has 4 aliphatic rings. The standard InChI is InChI=1S/C28H42O3/c1-16(2)17(3)10-11-18(4)22-12-13-23-21-14-25-20(8-7-9-26(30)31-25)19(5)27(21)24(29)15-28(22,23)6/h7-8,10-11,16-18,21-25,27,29H,9,12-15H2,1-6H3/b11-10+/t17-,18+,21-,22+,23-,24+,25+,27+,28+/m0/s1. The van der Waals surface area contributed by atoms with Crippen LogP contribution >= 0.6 is 0 Å². The van der Waals surface area contributed by atoms with Crippen molar-refractivity contribution in [3.8, 4) is 0 Å². The maximum Gasteiger partial charge on any atom is 0.310 e. The number of hydrogen-bond donors (Lipinski definition) is 1. The van der Waals surface area contributed by atoms with Gasteiger partial charge >= 0.3 is 5.97 Å². The number of ether oxygens (including phenoxy) is 1. The monoisotopic (exact) mass is 426 g/mol. The van der Waals surface area contributed by atoms with Gasteiger partial charge in [-0.2, -0.15) is 0 Å². The van der Waals surface area contributed by atoms with E-state index in [1.54, 1.807) is 0 Å². The molecule has 1 heterocycles. The largest absolute Gasteiger partial charge is 0.457 e. The summed E-state index contributed by atoms with van der Waals surface area (Å²) in [5.41, 5.74) is 2.54. The van der Waals surface area contributed by atoms with Gasteiger partial charge in [0.15, 0.2) is 0 Å². The van der Waals surface area contributed by atoms with Gasteiger partial charge in [-0.05, 0) is 79.1 Å². The molecule has 3 nitrogen and oxygen atoms in total. The minimum atomic E-state index is -0.307. The van der Waals surface area contributed by atoms with E-state index in [0.717, 1.165) is 18.4 Å². The molecule has 9 atom stereocenters. The van der Waals surface area contributed by atoms with Crippen molar-refractivity contribution in [2.24, 2.45) is 46.8 Å². The lowest BCUT2D eigenvalue weighted by Gasteiger charge is -2.54. The van der Waals surface area contributed by atoms with E-state index in [4.69, 9.17) is 4.74 Å². The summed E-state index contributed by atoms with van der Waals surface area (Å²) in [5, 5.41) is 11.4. The predicted molar refractivity (Wildman–Crippen MR) is 125 cm³/mol. The highest BCUT2D eigenvalue weighted by Gasteiger charge is 2.59. The minimum absolute atomic E-state index is 0.121. The van der Waals surface area contributed by atoms with Crippen LogP contribution in [-0.4, -0.2) is 23.3 Å². The topological polar surface area (TPSA) is 46.5 Å². The summed E-state index contributed by atoms with van der Waals surface area (Å²) in [4.78, 5) is 12.1. The molecule has 0 aromatic carbocycles. The molecule has 1 aliphatic heterocycles. The summed E-state index contributed by atoms with van der Waals surface area (Å²) in [6.07, 6.45) is 13.0. The number of aliphatic hydroxyl groups excluding tert-OH is 1. The Balaban J connectivity index is 1.60. The number of rotatable bonds is 4. The highest BCUT2D eigenvalue weighted by molar-refractivity contribution is 5.73. The van der Waals surface area contributed by atoms with Gasteiger partial charge in [0, 0.05) is 5.92 Å². The third-order valence-corrected chi connectivity index (χ3v) is 9.57. The normalized spacial score (nSPS) is 42.1. The Morgan fingerprint density at radius 2 is 1.94 bits per heavy atom. The summed E-state index contributed by atoms with van der Waals surface area (Å²) in [6, 6.07) is 0. The minimum Gasteiger partial charge on any atom is -0.457 e. The molecule has 0 amide bonds. The Hall–Kier alpha value is -1.35. The van der Waals surface area contributed by atoms with Crippen LogP contribution in [0.4, 0.5) is 0 Å². The molecule has 0 aromatic heterocycles. The van der Waals surface area contributed by atoms with Gasteiger partial charge in [0.2, 0.25) is 0 Å². The zero-order valence-corrected chi connectivity index (χ0v) is 20.3. The molecule has 2 saturated carbocycles. The van der Waals surface area contributed by atoms with Crippen molar-refractivity contribution in [2.75, 3.05) is 0 Å². The summed E-state index contributed by atoms with van der Waals surface area (Å²) >= 11 is 0. The second kappa shape index (κ2) is 8.54. The summed E-state index contributed by atoms with van der Waals surface area (Å²) in [6.45, 7) is 13.9. The fraction of sp³-hybridized carbons (Fsp3) is 0.750. The zero-order chi connectivity index (χ0) is 22.5. The summed E-state index contributed by atoms with van der Waals surface area (Å²) in [5.74, 6) is 3.45. The molecule has 1 N–H and O–H groups in total. The van der Waals surface area contributed by atoms with E-state index in [-0.39, 0.29) is 29.5 Å². The quantitative estimate of drug-likeness (QED) is 0.437. The third kappa shape index (κ3) is 3.96. The van der Waals surface area contributed by atoms with E-state index in [0.29, 0.717) is 41.9 Å². The third-order valence-electron chi connectivity index (χ3n) is 9.57. The first kappa shape index (κ1) is 22.8. The Kier molecular flexibility index (Phi) is 6.29. The smallest absolute Gasteiger partial charge is 0.310 e. The lowest BCUT2D eigenvalue weighted by molar-refractivity contribution is -0.149. The second-order valence-electron chi connectivity index (χ2n) is 11.6. The van der Waals surface area contributed by atoms with Crippen molar-refractivity contribution in [2.45, 2.75) is 85.9 Å². The number of carbonyl (C=O) groups excluding carboxylic acids is 1. The molecule has 0 unspecified atom stereocenters. The SMILES string of the molecule is CC1=C2C=CCC(=O)O[C@@H]2C[C@@H]2[C@@H]1[C@H](O)C[C@]1(C)[C@@H]([C@H](C)/C=C/[C@H](C)C(C)C)CC[C@@H]21. The van der Waals surface area contributed by atoms with Crippen molar-refractivity contribution in [3.05, 3.63) is 35.5 Å². The molecular formula is C28H42O3. The van der Waals surface area contributed by atoms with Crippen LogP contribution in [0.5, 0.6) is 0 Å². The molecule has 2 fully saturated rings. The van der Waals surface area contributed by atoms with Crippen molar-refractivity contribution in [1.29, 1.82) is 0 Å². The van der Waals surface area contributed by atoms with Crippen LogP contribution in [0.25, 0.3) is 0 Å². The molecule has 0 bridgehead atoms. The van der Waals surface area contributed by atoms with E-state index < -0.39 is 0 Å². The Labute approximate surface area is 189 Å². The number of fused-ring (bicyclic) bond motifs is 4. The first-order chi connectivity index (χ1) is 14.6. The van der Waals surface area contributed by atoms with Crippen LogP contribution in [0, 0.1) is 46.8 Å². The maximum absolute atomic E-state index is 12.1. The number of allylic oxidation sites excluding steroid dienone is 2. The molecule has 31 heavy (non-hydrogen) atoms. The highest BCUT2D eigenvalue weighted by atomic mass is 16.5. The van der Waals surface area contributed by atoms with Crippen LogP contribution < -0.4 is 0 Å². The average Bonchev–Trinajstić information content (AvgIpc) is 2.92. The number of carbonyl (C=O) groups is 1. The van der Waals surface area contributed by atoms with Gasteiger partial charge in [0.1, 0.15) is 6.10 Å². The van der Waals surface area contributed by atoms with E-state index in [1.807, 2.05) is 6.08 Å². The highest BCUT2D eigenvalue weighted by Crippen LogP contribution is 2.64. The first-order valence-corrected chi connectivity index (χ1v) is 12.6. The number of aliphatic hydroxyl groups is 1. The van der Waals surface area contributed by atoms with Crippen molar-refractivity contribution < 1.29 is 14.6 Å². The average molecular weight is 427 g/mol. The predicted octanol–water partition coefficient (Wildman–Crippen LogP) is 6.09. The van der Waals surface area contributed by atoms with Crippen molar-refractivity contribution in [3.63, 3.8) is 0 Å².